The molecule has 1 aromatic carbocycles. The zero-order chi connectivity index (χ0) is 13.2. The first-order valence-corrected chi connectivity index (χ1v) is 7.37. The largest absolute Gasteiger partial charge is 0.318 e. The van der Waals surface area contributed by atoms with E-state index in [0.29, 0.717) is 5.92 Å². The Bertz CT molecular complexity index is 466. The molecule has 0 saturated heterocycles. The second kappa shape index (κ2) is 5.33. The normalized spacial score (nSPS) is 21.5. The Balaban J connectivity index is 1.80. The molecule has 1 saturated carbocycles. The number of nitrogens with zero attached hydrogens (tertiary/aromatic N) is 1. The standard InChI is InChI=1S/C16H22N2O/c1-17-15(12-7-3-2-4-8-12)18-11-13-9-5-6-10-14(13)16(18)19/h5-6,9-10,12,15,17H,2-4,7-8,11H2,1H3. The van der Waals surface area contributed by atoms with Gasteiger partial charge in [-0.3, -0.25) is 4.79 Å². The van der Waals surface area contributed by atoms with Gasteiger partial charge in [0.2, 0.25) is 0 Å². The Hall–Kier alpha value is -1.35. The van der Waals surface area contributed by atoms with Crippen LogP contribution >= 0.6 is 0 Å². The first-order valence-electron chi connectivity index (χ1n) is 7.37. The molecule has 1 aliphatic carbocycles. The van der Waals surface area contributed by atoms with Crippen molar-refractivity contribution in [2.75, 3.05) is 7.05 Å². The van der Waals surface area contributed by atoms with E-state index in [-0.39, 0.29) is 12.1 Å². The van der Waals surface area contributed by atoms with Gasteiger partial charge in [-0.25, -0.2) is 0 Å². The van der Waals surface area contributed by atoms with Crippen LogP contribution in [0, 0.1) is 5.92 Å². The van der Waals surface area contributed by atoms with E-state index in [4.69, 9.17) is 0 Å². The molecular weight excluding hydrogens is 236 g/mol. The fourth-order valence-electron chi connectivity index (χ4n) is 3.60. The first kappa shape index (κ1) is 12.7. The van der Waals surface area contributed by atoms with Crippen molar-refractivity contribution in [2.45, 2.75) is 44.8 Å². The smallest absolute Gasteiger partial charge is 0.255 e. The monoisotopic (exact) mass is 258 g/mol. The maximum Gasteiger partial charge on any atom is 0.255 e. The summed E-state index contributed by atoms with van der Waals surface area (Å²) in [4.78, 5) is 14.6. The van der Waals surface area contributed by atoms with E-state index in [1.807, 2.05) is 30.1 Å². The minimum atomic E-state index is 0.195. The van der Waals surface area contributed by atoms with E-state index in [9.17, 15) is 4.79 Å². The van der Waals surface area contributed by atoms with Gasteiger partial charge >= 0.3 is 0 Å². The van der Waals surface area contributed by atoms with Crippen LogP contribution in [0.15, 0.2) is 24.3 Å². The lowest BCUT2D eigenvalue weighted by Gasteiger charge is -2.36. The highest BCUT2D eigenvalue weighted by Gasteiger charge is 2.35. The van der Waals surface area contributed by atoms with Crippen LogP contribution in [0.25, 0.3) is 0 Å². The van der Waals surface area contributed by atoms with Crippen molar-refractivity contribution >= 4 is 5.91 Å². The van der Waals surface area contributed by atoms with Gasteiger partial charge in [-0.15, -0.1) is 0 Å². The summed E-state index contributed by atoms with van der Waals surface area (Å²) in [5.41, 5.74) is 2.06. The molecule has 0 radical (unpaired) electrons. The predicted molar refractivity (Wildman–Crippen MR) is 75.7 cm³/mol. The SMILES string of the molecule is CNC(C1CCCCC1)N1Cc2ccccc2C1=O. The number of rotatable bonds is 3. The van der Waals surface area contributed by atoms with Crippen LogP contribution in [0.4, 0.5) is 0 Å². The number of benzene rings is 1. The van der Waals surface area contributed by atoms with Crippen LogP contribution in [0.1, 0.15) is 48.0 Å². The maximum atomic E-state index is 12.5. The molecule has 3 nitrogen and oxygen atoms in total. The van der Waals surface area contributed by atoms with Gasteiger partial charge in [0.05, 0.1) is 6.17 Å². The first-order chi connectivity index (χ1) is 9.31. The Morgan fingerprint density at radius 1 is 1.21 bits per heavy atom. The Morgan fingerprint density at radius 2 is 1.95 bits per heavy atom. The van der Waals surface area contributed by atoms with Gasteiger partial charge < -0.3 is 10.2 Å². The zero-order valence-corrected chi connectivity index (χ0v) is 11.6. The van der Waals surface area contributed by atoms with Crippen molar-refractivity contribution in [3.05, 3.63) is 35.4 Å². The Labute approximate surface area is 115 Å². The zero-order valence-electron chi connectivity index (χ0n) is 11.6. The summed E-state index contributed by atoms with van der Waals surface area (Å²) in [7, 11) is 1.98. The van der Waals surface area contributed by atoms with Gasteiger partial charge in [0.1, 0.15) is 0 Å². The number of nitrogens with one attached hydrogen (secondary N) is 1. The number of carbonyl (C=O) groups is 1. The minimum Gasteiger partial charge on any atom is -0.318 e. The van der Waals surface area contributed by atoms with Gasteiger partial charge in [0.15, 0.2) is 0 Å². The number of hydrogen-bond donors (Lipinski definition) is 1. The summed E-state index contributed by atoms with van der Waals surface area (Å²) >= 11 is 0. The van der Waals surface area contributed by atoms with Crippen LogP contribution < -0.4 is 5.32 Å². The lowest BCUT2D eigenvalue weighted by molar-refractivity contribution is 0.0539. The van der Waals surface area contributed by atoms with Gasteiger partial charge in [0, 0.05) is 12.1 Å². The lowest BCUT2D eigenvalue weighted by atomic mass is 9.86. The van der Waals surface area contributed by atoms with Crippen LogP contribution in [0.3, 0.4) is 0 Å². The average Bonchev–Trinajstić information content (AvgIpc) is 2.79. The molecule has 0 spiro atoms. The topological polar surface area (TPSA) is 32.3 Å². The van der Waals surface area contributed by atoms with E-state index in [1.165, 1.54) is 37.7 Å². The van der Waals surface area contributed by atoms with Crippen molar-refractivity contribution in [1.29, 1.82) is 0 Å². The molecule has 1 unspecified atom stereocenters. The third-order valence-corrected chi connectivity index (χ3v) is 4.58. The number of carbonyl (C=O) groups excluding carboxylic acids is 1. The van der Waals surface area contributed by atoms with Gasteiger partial charge in [-0.2, -0.15) is 0 Å². The van der Waals surface area contributed by atoms with Crippen molar-refractivity contribution in [3.63, 3.8) is 0 Å². The highest BCUT2D eigenvalue weighted by molar-refractivity contribution is 5.98. The van der Waals surface area contributed by atoms with Gasteiger partial charge in [-0.1, -0.05) is 37.5 Å². The molecule has 1 aliphatic heterocycles. The fraction of sp³-hybridized carbons (Fsp3) is 0.562. The molecule has 1 N–H and O–H groups in total. The van der Waals surface area contributed by atoms with Crippen LogP contribution in [0.2, 0.25) is 0 Å². The van der Waals surface area contributed by atoms with Crippen LogP contribution in [-0.4, -0.2) is 24.0 Å². The molecule has 1 amide bonds. The molecule has 102 valence electrons. The number of fused-ring (bicyclic) bond motifs is 1. The molecular formula is C16H22N2O. The van der Waals surface area contributed by atoms with E-state index in [2.05, 4.69) is 11.4 Å². The summed E-state index contributed by atoms with van der Waals surface area (Å²) in [6.07, 6.45) is 6.63. The van der Waals surface area contributed by atoms with Crippen molar-refractivity contribution in [2.24, 2.45) is 5.92 Å². The van der Waals surface area contributed by atoms with Crippen molar-refractivity contribution < 1.29 is 4.79 Å². The summed E-state index contributed by atoms with van der Waals surface area (Å²) in [6, 6.07) is 7.99. The minimum absolute atomic E-state index is 0.195. The van der Waals surface area contributed by atoms with Crippen LogP contribution in [0.5, 0.6) is 0 Å². The van der Waals surface area contributed by atoms with E-state index < -0.39 is 0 Å². The summed E-state index contributed by atoms with van der Waals surface area (Å²) in [5.74, 6) is 0.803. The van der Waals surface area contributed by atoms with E-state index in [0.717, 1.165) is 12.1 Å². The Morgan fingerprint density at radius 3 is 2.63 bits per heavy atom. The highest BCUT2D eigenvalue weighted by atomic mass is 16.2. The highest BCUT2D eigenvalue weighted by Crippen LogP contribution is 2.32. The second-order valence-corrected chi connectivity index (χ2v) is 5.72. The molecule has 3 heteroatoms. The molecule has 0 aromatic heterocycles. The molecule has 1 fully saturated rings. The van der Waals surface area contributed by atoms with Gasteiger partial charge in [-0.05, 0) is 37.4 Å². The molecule has 1 atom stereocenters. The summed E-state index contributed by atoms with van der Waals surface area (Å²) in [6.45, 7) is 0.761. The van der Waals surface area contributed by atoms with Crippen LogP contribution in [-0.2, 0) is 6.54 Å². The average molecular weight is 258 g/mol. The molecule has 1 aromatic rings. The quantitative estimate of drug-likeness (QED) is 0.904. The summed E-state index contributed by atoms with van der Waals surface area (Å²) in [5, 5.41) is 3.38. The third-order valence-electron chi connectivity index (χ3n) is 4.58. The molecule has 0 bridgehead atoms. The molecule has 2 aliphatic rings. The fourth-order valence-corrected chi connectivity index (χ4v) is 3.60. The molecule has 19 heavy (non-hydrogen) atoms. The predicted octanol–water partition coefficient (Wildman–Crippen LogP) is 2.77. The lowest BCUT2D eigenvalue weighted by Crippen LogP contribution is -2.49. The van der Waals surface area contributed by atoms with Crippen molar-refractivity contribution in [1.82, 2.24) is 10.2 Å². The Kier molecular flexibility index (Phi) is 3.56. The second-order valence-electron chi connectivity index (χ2n) is 5.72. The van der Waals surface area contributed by atoms with Gasteiger partial charge in [0.25, 0.3) is 5.91 Å². The molecule has 1 heterocycles. The van der Waals surface area contributed by atoms with Crippen molar-refractivity contribution in [3.8, 4) is 0 Å². The van der Waals surface area contributed by atoms with E-state index >= 15 is 0 Å². The number of hydrogen-bond acceptors (Lipinski definition) is 2. The number of amides is 1. The summed E-state index contributed by atoms with van der Waals surface area (Å²) < 4.78 is 0. The van der Waals surface area contributed by atoms with E-state index in [1.54, 1.807) is 0 Å². The molecule has 3 rings (SSSR count). The maximum absolute atomic E-state index is 12.5. The third kappa shape index (κ3) is 2.27.